The highest BCUT2D eigenvalue weighted by Gasteiger charge is 2.46. The largest absolute Gasteiger partial charge is 0.299 e. The number of Topliss-reactive ketones (excluding diaryl/α,β-unsaturated/α-hetero) is 1. The van der Waals surface area contributed by atoms with Gasteiger partial charge >= 0.3 is 0 Å². The Morgan fingerprint density at radius 2 is 2.05 bits per heavy atom. The molecular weight excluding hydrogens is 310 g/mol. The van der Waals surface area contributed by atoms with E-state index in [-0.39, 0.29) is 23.0 Å². The number of alkyl halides is 1. The molecule has 5 heteroatoms. The molecule has 0 aromatic heterocycles. The minimum absolute atomic E-state index is 0.126. The smallest absolute Gasteiger partial charge is 0.279 e. The molecule has 0 bridgehead atoms. The third kappa shape index (κ3) is 3.21. The summed E-state index contributed by atoms with van der Waals surface area (Å²) < 4.78 is -1.32. The first kappa shape index (κ1) is 14.2. The Hall–Kier alpha value is -1.23. The number of nitrogens with zero attached hydrogens (tertiary/aromatic N) is 1. The van der Waals surface area contributed by atoms with E-state index in [1.165, 1.54) is 6.92 Å². The standard InChI is InChI=1S/C14H16BrNO3/c1-14(15,16(18)19)12(9-13(17)11-7-8-11)10-5-3-2-4-6-10/h2-6,11-12H,7-9H2,1H3/t12-,14-/m0/s1. The summed E-state index contributed by atoms with van der Waals surface area (Å²) in [7, 11) is 0. The fraction of sp³-hybridized carbons (Fsp3) is 0.500. The molecule has 0 spiro atoms. The normalized spacial score (nSPS) is 19.5. The second kappa shape index (κ2) is 5.41. The van der Waals surface area contributed by atoms with Crippen LogP contribution in [0.1, 0.15) is 37.7 Å². The number of halogens is 1. The maximum atomic E-state index is 12.0. The second-order valence-corrected chi connectivity index (χ2v) is 6.79. The number of carbonyl (C=O) groups is 1. The van der Waals surface area contributed by atoms with E-state index in [0.29, 0.717) is 0 Å². The fourth-order valence-corrected chi connectivity index (χ4v) is 2.62. The van der Waals surface area contributed by atoms with Gasteiger partial charge in [-0.25, -0.2) is 0 Å². The average Bonchev–Trinajstić information content (AvgIpc) is 3.20. The van der Waals surface area contributed by atoms with E-state index >= 15 is 0 Å². The summed E-state index contributed by atoms with van der Waals surface area (Å²) in [6.07, 6.45) is 2.08. The molecule has 0 aliphatic heterocycles. The van der Waals surface area contributed by atoms with Gasteiger partial charge in [0.15, 0.2) is 0 Å². The van der Waals surface area contributed by atoms with Crippen molar-refractivity contribution in [2.24, 2.45) is 5.92 Å². The molecule has 0 heterocycles. The lowest BCUT2D eigenvalue weighted by atomic mass is 9.87. The molecule has 102 valence electrons. The number of carbonyl (C=O) groups excluding carboxylic acids is 1. The van der Waals surface area contributed by atoms with Crippen LogP contribution >= 0.6 is 15.9 Å². The van der Waals surface area contributed by atoms with Crippen molar-refractivity contribution < 1.29 is 9.72 Å². The lowest BCUT2D eigenvalue weighted by Gasteiger charge is -2.25. The number of hydrogen-bond donors (Lipinski definition) is 0. The van der Waals surface area contributed by atoms with E-state index in [0.717, 1.165) is 18.4 Å². The zero-order valence-corrected chi connectivity index (χ0v) is 12.3. The number of benzene rings is 1. The highest BCUT2D eigenvalue weighted by atomic mass is 79.9. The van der Waals surface area contributed by atoms with Crippen molar-refractivity contribution in [2.45, 2.75) is 36.6 Å². The van der Waals surface area contributed by atoms with Gasteiger partial charge in [0, 0.05) is 40.1 Å². The minimum Gasteiger partial charge on any atom is -0.299 e. The van der Waals surface area contributed by atoms with Gasteiger partial charge in [0.25, 0.3) is 4.45 Å². The zero-order chi connectivity index (χ0) is 14.0. The highest BCUT2D eigenvalue weighted by Crippen LogP contribution is 2.41. The van der Waals surface area contributed by atoms with Gasteiger partial charge in [-0.15, -0.1) is 0 Å². The van der Waals surface area contributed by atoms with Gasteiger partial charge in [-0.3, -0.25) is 14.9 Å². The fourth-order valence-electron chi connectivity index (χ4n) is 2.19. The summed E-state index contributed by atoms with van der Waals surface area (Å²) in [5, 5.41) is 11.3. The molecule has 1 aliphatic carbocycles. The molecule has 0 unspecified atom stereocenters. The van der Waals surface area contributed by atoms with Crippen molar-refractivity contribution >= 4 is 21.7 Å². The Kier molecular flexibility index (Phi) is 4.04. The maximum absolute atomic E-state index is 12.0. The first-order chi connectivity index (χ1) is 8.93. The van der Waals surface area contributed by atoms with Gasteiger partial charge in [-0.05, 0) is 18.4 Å². The molecule has 2 rings (SSSR count). The van der Waals surface area contributed by atoms with Crippen LogP contribution in [0.4, 0.5) is 0 Å². The van der Waals surface area contributed by atoms with E-state index in [9.17, 15) is 14.9 Å². The van der Waals surface area contributed by atoms with Gasteiger partial charge in [-0.1, -0.05) is 30.3 Å². The summed E-state index contributed by atoms with van der Waals surface area (Å²) in [5.41, 5.74) is 0.826. The molecule has 4 nitrogen and oxygen atoms in total. The SMILES string of the molecule is C[C@@](Br)([C@@H](CC(=O)C1CC1)c1ccccc1)[N+](=O)[O-]. The molecule has 2 atom stereocenters. The molecule has 1 aromatic rings. The topological polar surface area (TPSA) is 60.2 Å². The Bertz CT molecular complexity index is 483. The van der Waals surface area contributed by atoms with Crippen LogP contribution in [0, 0.1) is 16.0 Å². The molecular formula is C14H16BrNO3. The zero-order valence-electron chi connectivity index (χ0n) is 10.7. The Labute approximate surface area is 120 Å². The van der Waals surface area contributed by atoms with Crippen LogP contribution in [0.3, 0.4) is 0 Å². The summed E-state index contributed by atoms with van der Waals surface area (Å²) in [6, 6.07) is 9.22. The molecule has 1 saturated carbocycles. The molecule has 1 aromatic carbocycles. The molecule has 1 aliphatic rings. The van der Waals surface area contributed by atoms with Crippen LogP contribution < -0.4 is 0 Å². The van der Waals surface area contributed by atoms with E-state index < -0.39 is 10.4 Å². The molecule has 0 amide bonds. The number of rotatable bonds is 6. The number of hydrogen-bond acceptors (Lipinski definition) is 3. The van der Waals surface area contributed by atoms with E-state index in [1.807, 2.05) is 30.3 Å². The first-order valence-electron chi connectivity index (χ1n) is 6.34. The van der Waals surface area contributed by atoms with Crippen LogP contribution in [0.2, 0.25) is 0 Å². The van der Waals surface area contributed by atoms with Gasteiger partial charge in [0.05, 0.1) is 5.92 Å². The number of ketones is 1. The number of nitro groups is 1. The lowest BCUT2D eigenvalue weighted by Crippen LogP contribution is -2.36. The van der Waals surface area contributed by atoms with Crippen LogP contribution in [0.25, 0.3) is 0 Å². The van der Waals surface area contributed by atoms with Crippen LogP contribution in [0.15, 0.2) is 30.3 Å². The minimum atomic E-state index is -1.32. The summed E-state index contributed by atoms with van der Waals surface area (Å²) >= 11 is 3.20. The van der Waals surface area contributed by atoms with Crippen LogP contribution in [-0.4, -0.2) is 15.2 Å². The van der Waals surface area contributed by atoms with Crippen molar-refractivity contribution in [1.82, 2.24) is 0 Å². The van der Waals surface area contributed by atoms with E-state index in [1.54, 1.807) is 0 Å². The van der Waals surface area contributed by atoms with Crippen molar-refractivity contribution in [2.75, 3.05) is 0 Å². The molecule has 0 saturated heterocycles. The van der Waals surface area contributed by atoms with Crippen LogP contribution in [-0.2, 0) is 4.79 Å². The highest BCUT2D eigenvalue weighted by molar-refractivity contribution is 9.10. The molecule has 0 radical (unpaired) electrons. The third-order valence-electron chi connectivity index (χ3n) is 3.63. The Balaban J connectivity index is 2.27. The van der Waals surface area contributed by atoms with Crippen molar-refractivity contribution in [1.29, 1.82) is 0 Å². The maximum Gasteiger partial charge on any atom is 0.279 e. The van der Waals surface area contributed by atoms with Crippen LogP contribution in [0.5, 0.6) is 0 Å². The Morgan fingerprint density at radius 3 is 2.53 bits per heavy atom. The average molecular weight is 326 g/mol. The van der Waals surface area contributed by atoms with Gasteiger partial charge in [-0.2, -0.15) is 0 Å². The van der Waals surface area contributed by atoms with E-state index in [4.69, 9.17) is 0 Å². The first-order valence-corrected chi connectivity index (χ1v) is 7.13. The molecule has 1 fully saturated rings. The monoisotopic (exact) mass is 325 g/mol. The second-order valence-electron chi connectivity index (χ2n) is 5.19. The summed E-state index contributed by atoms with van der Waals surface area (Å²) in [6.45, 7) is 1.52. The van der Waals surface area contributed by atoms with Gasteiger partial charge in [0.2, 0.25) is 0 Å². The summed E-state index contributed by atoms with van der Waals surface area (Å²) in [4.78, 5) is 22.9. The van der Waals surface area contributed by atoms with Crippen molar-refractivity contribution in [3.05, 3.63) is 46.0 Å². The van der Waals surface area contributed by atoms with E-state index in [2.05, 4.69) is 15.9 Å². The van der Waals surface area contributed by atoms with Crippen molar-refractivity contribution in [3.8, 4) is 0 Å². The quantitative estimate of drug-likeness (QED) is 0.348. The van der Waals surface area contributed by atoms with Gasteiger partial charge < -0.3 is 0 Å². The lowest BCUT2D eigenvalue weighted by molar-refractivity contribution is -0.535. The molecule has 19 heavy (non-hydrogen) atoms. The molecule has 0 N–H and O–H groups in total. The third-order valence-corrected chi connectivity index (χ3v) is 4.48. The van der Waals surface area contributed by atoms with Gasteiger partial charge in [0.1, 0.15) is 5.78 Å². The predicted molar refractivity (Wildman–Crippen MR) is 75.9 cm³/mol. The Morgan fingerprint density at radius 1 is 1.47 bits per heavy atom. The summed E-state index contributed by atoms with van der Waals surface area (Å²) in [5.74, 6) is -0.181. The predicted octanol–water partition coefficient (Wildman–Crippen LogP) is 3.53. The van der Waals surface area contributed by atoms with Crippen molar-refractivity contribution in [3.63, 3.8) is 0 Å².